The standard InChI is InChI=1S/C16H17BrO/c1-10-8-11(2)15(12(3)9-10)16(18)13-4-6-14(17)7-5-13/h4-9,16,18H,1-3H3. The van der Waals surface area contributed by atoms with Crippen LogP contribution in [0, 0.1) is 20.8 Å². The van der Waals surface area contributed by atoms with Gasteiger partial charge in [-0.1, -0.05) is 45.8 Å². The largest absolute Gasteiger partial charge is 0.384 e. The lowest BCUT2D eigenvalue weighted by Crippen LogP contribution is -2.05. The molecule has 0 spiro atoms. The number of rotatable bonds is 2. The van der Waals surface area contributed by atoms with Crippen molar-refractivity contribution >= 4 is 15.9 Å². The monoisotopic (exact) mass is 304 g/mol. The van der Waals surface area contributed by atoms with Crippen LogP contribution < -0.4 is 0 Å². The van der Waals surface area contributed by atoms with Gasteiger partial charge in [0.15, 0.2) is 0 Å². The molecule has 0 saturated carbocycles. The van der Waals surface area contributed by atoms with E-state index in [9.17, 15) is 5.11 Å². The summed E-state index contributed by atoms with van der Waals surface area (Å²) in [5.74, 6) is 0. The summed E-state index contributed by atoms with van der Waals surface area (Å²) in [6.07, 6.45) is -0.557. The van der Waals surface area contributed by atoms with Crippen LogP contribution in [-0.2, 0) is 0 Å². The number of aliphatic hydroxyl groups excluding tert-OH is 1. The smallest absolute Gasteiger partial charge is 0.105 e. The first kappa shape index (κ1) is 13.3. The summed E-state index contributed by atoms with van der Waals surface area (Å²) in [7, 11) is 0. The predicted octanol–water partition coefficient (Wildman–Crippen LogP) is 4.46. The summed E-state index contributed by atoms with van der Waals surface area (Å²) in [5, 5.41) is 10.5. The molecule has 18 heavy (non-hydrogen) atoms. The average Bonchev–Trinajstić information content (AvgIpc) is 2.28. The lowest BCUT2D eigenvalue weighted by atomic mass is 9.92. The van der Waals surface area contributed by atoms with Crippen molar-refractivity contribution in [1.29, 1.82) is 0 Å². The Morgan fingerprint density at radius 1 is 0.944 bits per heavy atom. The molecular weight excluding hydrogens is 288 g/mol. The van der Waals surface area contributed by atoms with Crippen molar-refractivity contribution in [1.82, 2.24) is 0 Å². The molecule has 2 rings (SSSR count). The molecule has 0 fully saturated rings. The second-order valence-electron chi connectivity index (χ2n) is 4.77. The van der Waals surface area contributed by atoms with E-state index in [0.29, 0.717) is 0 Å². The summed E-state index contributed by atoms with van der Waals surface area (Å²) in [4.78, 5) is 0. The van der Waals surface area contributed by atoms with E-state index in [1.54, 1.807) is 0 Å². The van der Waals surface area contributed by atoms with Crippen molar-refractivity contribution in [2.24, 2.45) is 0 Å². The fourth-order valence-corrected chi connectivity index (χ4v) is 2.70. The quantitative estimate of drug-likeness (QED) is 0.868. The normalized spacial score (nSPS) is 12.5. The van der Waals surface area contributed by atoms with Gasteiger partial charge in [0, 0.05) is 4.47 Å². The van der Waals surface area contributed by atoms with Gasteiger partial charge in [0.25, 0.3) is 0 Å². The van der Waals surface area contributed by atoms with Crippen LogP contribution in [0.25, 0.3) is 0 Å². The molecule has 1 atom stereocenters. The van der Waals surface area contributed by atoms with E-state index in [-0.39, 0.29) is 0 Å². The van der Waals surface area contributed by atoms with Crippen molar-refractivity contribution in [3.63, 3.8) is 0 Å². The van der Waals surface area contributed by atoms with Crippen molar-refractivity contribution in [3.8, 4) is 0 Å². The predicted molar refractivity (Wildman–Crippen MR) is 78.9 cm³/mol. The fourth-order valence-electron chi connectivity index (χ4n) is 2.43. The van der Waals surface area contributed by atoms with Gasteiger partial charge < -0.3 is 5.11 Å². The molecule has 0 saturated heterocycles. The minimum Gasteiger partial charge on any atom is -0.384 e. The molecule has 1 unspecified atom stereocenters. The molecule has 0 bridgehead atoms. The fraction of sp³-hybridized carbons (Fsp3) is 0.250. The Bertz CT molecular complexity index is 535. The van der Waals surface area contributed by atoms with Gasteiger partial charge in [0.2, 0.25) is 0 Å². The summed E-state index contributed by atoms with van der Waals surface area (Å²) in [6, 6.07) is 12.0. The highest BCUT2D eigenvalue weighted by Crippen LogP contribution is 2.29. The van der Waals surface area contributed by atoms with Gasteiger partial charge in [0.05, 0.1) is 0 Å². The van der Waals surface area contributed by atoms with Gasteiger partial charge in [-0.05, 0) is 55.2 Å². The molecule has 2 heteroatoms. The highest BCUT2D eigenvalue weighted by molar-refractivity contribution is 9.10. The lowest BCUT2D eigenvalue weighted by molar-refractivity contribution is 0.218. The number of benzene rings is 2. The van der Waals surface area contributed by atoms with Crippen LogP contribution >= 0.6 is 15.9 Å². The number of hydrogen-bond acceptors (Lipinski definition) is 1. The summed E-state index contributed by atoms with van der Waals surface area (Å²) in [5.41, 5.74) is 5.46. The zero-order chi connectivity index (χ0) is 13.3. The molecule has 0 aliphatic rings. The molecule has 1 nitrogen and oxygen atoms in total. The van der Waals surface area contributed by atoms with Gasteiger partial charge in [-0.2, -0.15) is 0 Å². The van der Waals surface area contributed by atoms with Crippen LogP contribution in [0.15, 0.2) is 40.9 Å². The highest BCUT2D eigenvalue weighted by Gasteiger charge is 2.15. The van der Waals surface area contributed by atoms with E-state index >= 15 is 0 Å². The number of halogens is 1. The van der Waals surface area contributed by atoms with Gasteiger partial charge in [-0.25, -0.2) is 0 Å². The summed E-state index contributed by atoms with van der Waals surface area (Å²) < 4.78 is 1.02. The minimum absolute atomic E-state index is 0.557. The maximum Gasteiger partial charge on any atom is 0.105 e. The second-order valence-corrected chi connectivity index (χ2v) is 5.68. The van der Waals surface area contributed by atoms with E-state index in [2.05, 4.69) is 48.8 Å². The van der Waals surface area contributed by atoms with Gasteiger partial charge in [0.1, 0.15) is 6.10 Å². The Hall–Kier alpha value is -1.12. The Labute approximate surface area is 117 Å². The maximum absolute atomic E-state index is 10.5. The molecule has 94 valence electrons. The highest BCUT2D eigenvalue weighted by atomic mass is 79.9. The number of aliphatic hydroxyl groups is 1. The molecule has 2 aromatic carbocycles. The molecule has 1 N–H and O–H groups in total. The van der Waals surface area contributed by atoms with Crippen LogP contribution in [0.5, 0.6) is 0 Å². The maximum atomic E-state index is 10.5. The molecular formula is C16H17BrO. The van der Waals surface area contributed by atoms with Crippen molar-refractivity contribution < 1.29 is 5.11 Å². The summed E-state index contributed by atoms with van der Waals surface area (Å²) >= 11 is 3.41. The molecule has 2 aromatic rings. The zero-order valence-electron chi connectivity index (χ0n) is 10.9. The average molecular weight is 305 g/mol. The third-order valence-electron chi connectivity index (χ3n) is 3.20. The van der Waals surface area contributed by atoms with Gasteiger partial charge in [-0.15, -0.1) is 0 Å². The number of hydrogen-bond donors (Lipinski definition) is 1. The van der Waals surface area contributed by atoms with E-state index in [1.807, 2.05) is 24.3 Å². The van der Waals surface area contributed by atoms with E-state index in [0.717, 1.165) is 26.7 Å². The van der Waals surface area contributed by atoms with Gasteiger partial charge >= 0.3 is 0 Å². The van der Waals surface area contributed by atoms with Crippen LogP contribution in [0.4, 0.5) is 0 Å². The van der Waals surface area contributed by atoms with E-state index in [4.69, 9.17) is 0 Å². The van der Waals surface area contributed by atoms with Crippen LogP contribution in [0.1, 0.15) is 33.9 Å². The topological polar surface area (TPSA) is 20.2 Å². The van der Waals surface area contributed by atoms with E-state index in [1.165, 1.54) is 5.56 Å². The van der Waals surface area contributed by atoms with Crippen LogP contribution in [-0.4, -0.2) is 5.11 Å². The number of aryl methyl sites for hydroxylation is 3. The lowest BCUT2D eigenvalue weighted by Gasteiger charge is -2.18. The molecule has 0 aliphatic carbocycles. The zero-order valence-corrected chi connectivity index (χ0v) is 12.5. The third-order valence-corrected chi connectivity index (χ3v) is 3.73. The first-order valence-corrected chi connectivity index (χ1v) is 6.79. The Morgan fingerprint density at radius 2 is 1.44 bits per heavy atom. The molecule has 0 amide bonds. The van der Waals surface area contributed by atoms with Crippen molar-refractivity contribution in [2.45, 2.75) is 26.9 Å². The SMILES string of the molecule is Cc1cc(C)c(C(O)c2ccc(Br)cc2)c(C)c1. The third kappa shape index (κ3) is 2.65. The minimum atomic E-state index is -0.557. The van der Waals surface area contributed by atoms with Gasteiger partial charge in [-0.3, -0.25) is 0 Å². The molecule has 0 aromatic heterocycles. The molecule has 0 radical (unpaired) electrons. The van der Waals surface area contributed by atoms with Crippen molar-refractivity contribution in [2.75, 3.05) is 0 Å². The Balaban J connectivity index is 2.46. The van der Waals surface area contributed by atoms with E-state index < -0.39 is 6.10 Å². The second kappa shape index (κ2) is 5.25. The summed E-state index contributed by atoms with van der Waals surface area (Å²) in [6.45, 7) is 6.19. The molecule has 0 aliphatic heterocycles. The van der Waals surface area contributed by atoms with Crippen LogP contribution in [0.3, 0.4) is 0 Å². The van der Waals surface area contributed by atoms with Crippen molar-refractivity contribution in [3.05, 3.63) is 68.7 Å². The molecule has 0 heterocycles. The first-order valence-electron chi connectivity index (χ1n) is 6.00. The Kier molecular flexibility index (Phi) is 3.88. The Morgan fingerprint density at radius 3 is 1.94 bits per heavy atom. The van der Waals surface area contributed by atoms with Crippen LogP contribution in [0.2, 0.25) is 0 Å². The first-order chi connectivity index (χ1) is 8.49.